The van der Waals surface area contributed by atoms with E-state index in [0.29, 0.717) is 23.5 Å². The third-order valence-electron chi connectivity index (χ3n) is 8.56. The Hall–Kier alpha value is -3.62. The monoisotopic (exact) mass is 488 g/mol. The molecule has 0 radical (unpaired) electrons. The first-order valence-corrected chi connectivity index (χ1v) is 12.9. The molecule has 0 aliphatic carbocycles. The number of rotatable bonds is 3. The predicted octanol–water partition coefficient (Wildman–Crippen LogP) is 2.65. The molecule has 9 nitrogen and oxygen atoms in total. The summed E-state index contributed by atoms with van der Waals surface area (Å²) in [4.78, 5) is 49.0. The van der Waals surface area contributed by atoms with Crippen molar-refractivity contribution in [1.82, 2.24) is 20.2 Å². The molecule has 36 heavy (non-hydrogen) atoms. The van der Waals surface area contributed by atoms with Crippen LogP contribution >= 0.6 is 0 Å². The number of aromatic amines is 1. The van der Waals surface area contributed by atoms with Gasteiger partial charge in [0.15, 0.2) is 0 Å². The Balaban J connectivity index is 1.41. The van der Waals surface area contributed by atoms with Crippen molar-refractivity contribution in [3.8, 4) is 0 Å². The van der Waals surface area contributed by atoms with Crippen molar-refractivity contribution >= 4 is 45.3 Å². The lowest BCUT2D eigenvalue weighted by atomic mass is 9.78. The Kier molecular flexibility index (Phi) is 5.39. The Morgan fingerprint density at radius 3 is 2.67 bits per heavy atom. The highest BCUT2D eigenvalue weighted by molar-refractivity contribution is 6.18. The van der Waals surface area contributed by atoms with Crippen molar-refractivity contribution in [1.29, 1.82) is 0 Å². The van der Waals surface area contributed by atoms with Gasteiger partial charge in [0, 0.05) is 56.7 Å². The molecular weight excluding hydrogens is 456 g/mol. The summed E-state index contributed by atoms with van der Waals surface area (Å²) in [7, 11) is 0. The molecule has 1 unspecified atom stereocenters. The van der Waals surface area contributed by atoms with E-state index in [1.807, 2.05) is 4.90 Å². The summed E-state index contributed by atoms with van der Waals surface area (Å²) in [6.45, 7) is 5.33. The summed E-state index contributed by atoms with van der Waals surface area (Å²) in [5.41, 5.74) is 8.59. The van der Waals surface area contributed by atoms with E-state index in [4.69, 9.17) is 10.7 Å². The maximum absolute atomic E-state index is 12.7. The molecule has 3 aliphatic rings. The van der Waals surface area contributed by atoms with Crippen LogP contribution in [0.2, 0.25) is 0 Å². The Morgan fingerprint density at radius 1 is 1.17 bits per heavy atom. The number of carbonyl (C=O) groups is 3. The van der Waals surface area contributed by atoms with Crippen molar-refractivity contribution in [2.45, 2.75) is 44.9 Å². The molecular formula is C27H32N6O3. The first kappa shape index (κ1) is 22.8. The average molecular weight is 489 g/mol. The van der Waals surface area contributed by atoms with Crippen molar-refractivity contribution in [3.05, 3.63) is 35.5 Å². The predicted molar refractivity (Wildman–Crippen MR) is 138 cm³/mol. The number of likely N-dealkylation sites (tertiary alicyclic amines) is 1. The minimum Gasteiger partial charge on any atom is -0.365 e. The van der Waals surface area contributed by atoms with Gasteiger partial charge < -0.3 is 25.8 Å². The number of fused-ring (bicyclic) bond motifs is 3. The highest BCUT2D eigenvalue weighted by Crippen LogP contribution is 2.42. The summed E-state index contributed by atoms with van der Waals surface area (Å²) in [5.74, 6) is 0.924. The number of H-pyrrole nitrogens is 1. The van der Waals surface area contributed by atoms with Crippen LogP contribution in [0.4, 0.5) is 5.82 Å². The van der Waals surface area contributed by atoms with Gasteiger partial charge in [-0.25, -0.2) is 4.98 Å². The van der Waals surface area contributed by atoms with Gasteiger partial charge in [0.1, 0.15) is 5.82 Å². The van der Waals surface area contributed by atoms with Crippen molar-refractivity contribution in [2.75, 3.05) is 37.6 Å². The normalized spacial score (nSPS) is 23.1. The molecule has 6 rings (SSSR count). The number of nitrogens with one attached hydrogen (secondary N) is 2. The summed E-state index contributed by atoms with van der Waals surface area (Å²) in [6, 6.07) is 6.44. The van der Waals surface area contributed by atoms with E-state index >= 15 is 0 Å². The number of pyridine rings is 1. The molecule has 1 spiro atoms. The van der Waals surface area contributed by atoms with E-state index in [-0.39, 0.29) is 17.2 Å². The van der Waals surface area contributed by atoms with Crippen LogP contribution in [0.5, 0.6) is 0 Å². The third kappa shape index (κ3) is 3.60. The summed E-state index contributed by atoms with van der Waals surface area (Å²) in [5, 5.41) is 4.89. The zero-order valence-electron chi connectivity index (χ0n) is 20.6. The second-order valence-corrected chi connectivity index (χ2v) is 10.6. The molecule has 188 valence electrons. The highest BCUT2D eigenvalue weighted by Gasteiger charge is 2.45. The van der Waals surface area contributed by atoms with Gasteiger partial charge in [0.25, 0.3) is 5.91 Å². The summed E-state index contributed by atoms with van der Waals surface area (Å²) in [6.07, 6.45) is 6.07. The number of piperidine rings is 2. The second-order valence-electron chi connectivity index (χ2n) is 10.6. The molecule has 3 amide bonds. The molecule has 3 aromatic rings. The Labute approximate surface area is 209 Å². The van der Waals surface area contributed by atoms with E-state index in [0.717, 1.165) is 80.4 Å². The molecule has 5 heterocycles. The van der Waals surface area contributed by atoms with Crippen molar-refractivity contribution in [3.63, 3.8) is 0 Å². The number of anilines is 1. The first-order valence-electron chi connectivity index (χ1n) is 12.9. The number of amides is 3. The van der Waals surface area contributed by atoms with Crippen LogP contribution in [0.3, 0.4) is 0 Å². The van der Waals surface area contributed by atoms with Crippen molar-refractivity contribution in [2.24, 2.45) is 11.1 Å². The molecule has 1 aromatic carbocycles. The number of primary amides is 1. The molecule has 4 N–H and O–H groups in total. The average Bonchev–Trinajstić information content (AvgIpc) is 3.43. The number of nitrogens with two attached hydrogens (primary N) is 1. The van der Waals surface area contributed by atoms with E-state index in [1.54, 1.807) is 13.1 Å². The maximum atomic E-state index is 12.7. The van der Waals surface area contributed by atoms with Gasteiger partial charge in [0.2, 0.25) is 11.8 Å². The zero-order valence-corrected chi connectivity index (χ0v) is 20.6. The smallest absolute Gasteiger partial charge is 0.252 e. The minimum atomic E-state index is -0.521. The number of hydrogen-bond donors (Lipinski definition) is 3. The zero-order chi connectivity index (χ0) is 25.0. The van der Waals surface area contributed by atoms with Crippen LogP contribution in [-0.4, -0.2) is 65.3 Å². The number of aromatic nitrogens is 2. The number of hydrogen-bond acceptors (Lipinski definition) is 5. The van der Waals surface area contributed by atoms with E-state index in [1.165, 1.54) is 5.56 Å². The second kappa shape index (κ2) is 8.50. The first-order chi connectivity index (χ1) is 17.4. The van der Waals surface area contributed by atoms with Gasteiger partial charge in [-0.1, -0.05) is 12.1 Å². The van der Waals surface area contributed by atoms with E-state index in [2.05, 4.69) is 33.4 Å². The van der Waals surface area contributed by atoms with Gasteiger partial charge in [0.05, 0.1) is 21.9 Å². The van der Waals surface area contributed by atoms with Crippen LogP contribution in [-0.2, 0) is 9.59 Å². The van der Waals surface area contributed by atoms with Gasteiger partial charge in [-0.05, 0) is 49.7 Å². The van der Waals surface area contributed by atoms with Gasteiger partial charge in [-0.3, -0.25) is 14.4 Å². The molecule has 3 fully saturated rings. The Morgan fingerprint density at radius 2 is 1.97 bits per heavy atom. The molecule has 0 saturated carbocycles. The largest absolute Gasteiger partial charge is 0.365 e. The highest BCUT2D eigenvalue weighted by atomic mass is 16.2. The lowest BCUT2D eigenvalue weighted by Gasteiger charge is -2.39. The fourth-order valence-corrected chi connectivity index (χ4v) is 6.53. The Bertz CT molecular complexity index is 1390. The quantitative estimate of drug-likeness (QED) is 0.523. The van der Waals surface area contributed by atoms with Crippen LogP contribution in [0.15, 0.2) is 24.4 Å². The molecule has 9 heteroatoms. The molecule has 2 aromatic heterocycles. The van der Waals surface area contributed by atoms with E-state index in [9.17, 15) is 14.4 Å². The van der Waals surface area contributed by atoms with Crippen LogP contribution in [0.25, 0.3) is 21.8 Å². The topological polar surface area (TPSA) is 124 Å². The van der Waals surface area contributed by atoms with Crippen LogP contribution < -0.4 is 16.0 Å². The number of nitrogens with zero attached hydrogens (tertiary/aromatic N) is 3. The minimum absolute atomic E-state index is 0.133. The summed E-state index contributed by atoms with van der Waals surface area (Å²) >= 11 is 0. The fourth-order valence-electron chi connectivity index (χ4n) is 6.53. The van der Waals surface area contributed by atoms with Crippen LogP contribution in [0.1, 0.15) is 60.9 Å². The summed E-state index contributed by atoms with van der Waals surface area (Å²) < 4.78 is 0. The van der Waals surface area contributed by atoms with Gasteiger partial charge >= 0.3 is 0 Å². The SMILES string of the molecule is CC(=O)N1CCC(c2ccc3c(c2)[nH]c2c(C(N)=O)cnc(N4CCCC5(CCNC5=O)C4)c23)CC1. The van der Waals surface area contributed by atoms with E-state index < -0.39 is 5.91 Å². The third-order valence-corrected chi connectivity index (χ3v) is 8.56. The standard InChI is InChI=1S/C27H32N6O3/c1-16(34)32-11-5-17(6-12-32)18-3-4-19-21(13-18)31-23-20(24(28)35)14-30-25(22(19)23)33-10-2-7-27(15-33)8-9-29-26(27)36/h3-4,13-14,17,31H,2,5-12,15H2,1H3,(H2,28,35)(H,29,36). The van der Waals surface area contributed by atoms with Gasteiger partial charge in [-0.15, -0.1) is 0 Å². The molecule has 3 saturated heterocycles. The van der Waals surface area contributed by atoms with Gasteiger partial charge in [-0.2, -0.15) is 0 Å². The molecule has 3 aliphatic heterocycles. The lowest BCUT2D eigenvalue weighted by Crippen LogP contribution is -2.47. The lowest BCUT2D eigenvalue weighted by molar-refractivity contribution is -0.130. The number of carbonyl (C=O) groups excluding carboxylic acids is 3. The molecule has 0 bridgehead atoms. The van der Waals surface area contributed by atoms with Crippen molar-refractivity contribution < 1.29 is 14.4 Å². The fraction of sp³-hybridized carbons (Fsp3) is 0.481. The maximum Gasteiger partial charge on any atom is 0.252 e. The van der Waals surface area contributed by atoms with Crippen LogP contribution in [0, 0.1) is 5.41 Å². The number of benzene rings is 1. The molecule has 1 atom stereocenters.